The van der Waals surface area contributed by atoms with Gasteiger partial charge in [-0.15, -0.1) is 0 Å². The highest BCUT2D eigenvalue weighted by molar-refractivity contribution is 8.14. The van der Waals surface area contributed by atoms with Crippen molar-refractivity contribution in [1.82, 2.24) is 10.1 Å². The summed E-state index contributed by atoms with van der Waals surface area (Å²) in [6, 6.07) is 5.68. The van der Waals surface area contributed by atoms with Gasteiger partial charge in [-0.05, 0) is 39.3 Å². The number of aromatic nitrogens is 2. The molecule has 0 fully saturated rings. The van der Waals surface area contributed by atoms with E-state index >= 15 is 4.39 Å². The number of nitrogens with two attached hydrogens (primary N) is 1. The summed E-state index contributed by atoms with van der Waals surface area (Å²) in [6.45, 7) is 5.50. The van der Waals surface area contributed by atoms with Gasteiger partial charge in [0.25, 0.3) is 0 Å². The predicted molar refractivity (Wildman–Crippen MR) is 116 cm³/mol. The van der Waals surface area contributed by atoms with Gasteiger partial charge in [0.15, 0.2) is 5.17 Å². The normalized spacial score (nSPS) is 21.1. The van der Waals surface area contributed by atoms with Crippen molar-refractivity contribution in [3.05, 3.63) is 64.7 Å². The Morgan fingerprint density at radius 1 is 1.23 bits per heavy atom. The highest BCUT2D eigenvalue weighted by Gasteiger charge is 2.39. The molecule has 3 aromatic rings. The predicted octanol–water partition coefficient (Wildman–Crippen LogP) is 5.05. The second kappa shape index (κ2) is 7.96. The van der Waals surface area contributed by atoms with Gasteiger partial charge < -0.3 is 15.0 Å². The van der Waals surface area contributed by atoms with Crippen LogP contribution in [0.3, 0.4) is 0 Å². The van der Waals surface area contributed by atoms with E-state index in [4.69, 9.17) is 15.0 Å². The minimum Gasteiger partial charge on any atom is -0.481 e. The van der Waals surface area contributed by atoms with E-state index in [0.717, 1.165) is 17.3 Å². The molecule has 9 heteroatoms. The van der Waals surface area contributed by atoms with Crippen LogP contribution in [0.4, 0.5) is 8.78 Å². The van der Waals surface area contributed by atoms with Crippen LogP contribution >= 0.6 is 11.8 Å². The largest absolute Gasteiger partial charge is 0.481 e. The molecule has 0 bridgehead atoms. The van der Waals surface area contributed by atoms with Crippen LogP contribution in [0, 0.1) is 25.5 Å². The first-order valence-electron chi connectivity index (χ1n) is 9.66. The van der Waals surface area contributed by atoms with Gasteiger partial charge in [-0.3, -0.25) is 4.99 Å². The molecule has 1 aliphatic heterocycles. The molecule has 0 aliphatic carbocycles. The fraction of sp³-hybridized carbons (Fsp3) is 0.318. The molecule has 0 amide bonds. The average Bonchev–Trinajstić information content (AvgIpc) is 3.05. The molecule has 1 aliphatic rings. The van der Waals surface area contributed by atoms with Gasteiger partial charge in [-0.2, -0.15) is 0 Å². The van der Waals surface area contributed by atoms with E-state index in [1.165, 1.54) is 31.1 Å². The Morgan fingerprint density at radius 3 is 2.61 bits per heavy atom. The van der Waals surface area contributed by atoms with Crippen LogP contribution < -0.4 is 10.5 Å². The van der Waals surface area contributed by atoms with E-state index in [1.807, 2.05) is 13.8 Å². The lowest BCUT2D eigenvalue weighted by Gasteiger charge is -2.35. The Kier molecular flexibility index (Phi) is 5.47. The molecule has 162 valence electrons. The van der Waals surface area contributed by atoms with Crippen molar-refractivity contribution in [1.29, 1.82) is 0 Å². The first kappa shape index (κ1) is 21.3. The number of benzene rings is 1. The van der Waals surface area contributed by atoms with E-state index in [1.54, 1.807) is 19.1 Å². The summed E-state index contributed by atoms with van der Waals surface area (Å²) in [6.07, 6.45) is 1.94. The topological polar surface area (TPSA) is 86.5 Å². The van der Waals surface area contributed by atoms with E-state index < -0.39 is 17.2 Å². The third-order valence-electron chi connectivity index (χ3n) is 5.51. The molecule has 2 atom stereocenters. The molecule has 2 aromatic heterocycles. The summed E-state index contributed by atoms with van der Waals surface area (Å²) in [7, 11) is 1.50. The van der Waals surface area contributed by atoms with E-state index in [0.29, 0.717) is 28.8 Å². The molecule has 2 N–H and O–H groups in total. The SMILES string of the molecule is COc1ccc(-c2cc([C@]3(C)C[C@@H](c4c(C)noc4C)SC(N)=N3)c(F)cc2F)cn1. The fourth-order valence-corrected chi connectivity index (χ4v) is 5.40. The van der Waals surface area contributed by atoms with Gasteiger partial charge in [0.2, 0.25) is 5.88 Å². The number of thioether (sulfide) groups is 1. The van der Waals surface area contributed by atoms with Crippen LogP contribution in [0.5, 0.6) is 5.88 Å². The average molecular weight is 445 g/mol. The van der Waals surface area contributed by atoms with E-state index in [-0.39, 0.29) is 16.4 Å². The molecule has 0 radical (unpaired) electrons. The Bertz CT molecular complexity index is 1140. The summed E-state index contributed by atoms with van der Waals surface area (Å²) in [5.74, 6) is -0.258. The lowest BCUT2D eigenvalue weighted by Crippen LogP contribution is -2.31. The van der Waals surface area contributed by atoms with Crippen molar-refractivity contribution in [3.63, 3.8) is 0 Å². The van der Waals surface area contributed by atoms with Gasteiger partial charge in [-0.25, -0.2) is 13.8 Å². The third kappa shape index (κ3) is 3.89. The highest BCUT2D eigenvalue weighted by Crippen LogP contribution is 2.49. The Labute approximate surface area is 182 Å². The second-order valence-corrected chi connectivity index (χ2v) is 8.90. The summed E-state index contributed by atoms with van der Waals surface area (Å²) in [5.41, 5.74) is 7.84. The van der Waals surface area contributed by atoms with Crippen molar-refractivity contribution in [2.24, 2.45) is 10.7 Å². The highest BCUT2D eigenvalue weighted by atomic mass is 32.2. The maximum atomic E-state index is 15.0. The molecule has 1 aromatic carbocycles. The van der Waals surface area contributed by atoms with Crippen molar-refractivity contribution in [2.45, 2.75) is 38.0 Å². The molecule has 0 unspecified atom stereocenters. The summed E-state index contributed by atoms with van der Waals surface area (Å²) < 4.78 is 40.1. The number of nitrogens with zero attached hydrogens (tertiary/aromatic N) is 3. The first-order valence-corrected chi connectivity index (χ1v) is 10.5. The number of pyridine rings is 1. The Balaban J connectivity index is 1.79. The smallest absolute Gasteiger partial charge is 0.212 e. The zero-order valence-electron chi connectivity index (χ0n) is 17.6. The Hall–Kier alpha value is -2.94. The van der Waals surface area contributed by atoms with Crippen molar-refractivity contribution in [2.75, 3.05) is 7.11 Å². The lowest BCUT2D eigenvalue weighted by molar-refractivity contribution is 0.389. The van der Waals surface area contributed by atoms with Crippen LogP contribution in [0.15, 0.2) is 40.0 Å². The minimum absolute atomic E-state index is 0.121. The summed E-state index contributed by atoms with van der Waals surface area (Å²) in [5, 5.41) is 4.23. The minimum atomic E-state index is -0.997. The Morgan fingerprint density at radius 2 is 2.00 bits per heavy atom. The maximum Gasteiger partial charge on any atom is 0.212 e. The number of rotatable bonds is 4. The quantitative estimate of drug-likeness (QED) is 0.606. The number of hydrogen-bond acceptors (Lipinski definition) is 7. The summed E-state index contributed by atoms with van der Waals surface area (Å²) in [4.78, 5) is 8.69. The molecule has 0 saturated heterocycles. The van der Waals surface area contributed by atoms with Crippen LogP contribution in [0.25, 0.3) is 11.1 Å². The second-order valence-electron chi connectivity index (χ2n) is 7.67. The number of halogens is 2. The zero-order chi connectivity index (χ0) is 22.3. The maximum absolute atomic E-state index is 15.0. The van der Waals surface area contributed by atoms with E-state index in [2.05, 4.69) is 15.1 Å². The van der Waals surface area contributed by atoms with Gasteiger partial charge >= 0.3 is 0 Å². The number of aliphatic imine (C=N–C) groups is 1. The number of aryl methyl sites for hydroxylation is 2. The summed E-state index contributed by atoms with van der Waals surface area (Å²) >= 11 is 1.39. The van der Waals surface area contributed by atoms with Gasteiger partial charge in [0, 0.05) is 45.8 Å². The van der Waals surface area contributed by atoms with Gasteiger partial charge in [0.1, 0.15) is 17.4 Å². The molecule has 6 nitrogen and oxygen atoms in total. The van der Waals surface area contributed by atoms with Crippen molar-refractivity contribution < 1.29 is 18.0 Å². The van der Waals surface area contributed by atoms with Crippen LogP contribution in [0.2, 0.25) is 0 Å². The first-order chi connectivity index (χ1) is 14.7. The monoisotopic (exact) mass is 444 g/mol. The lowest BCUT2D eigenvalue weighted by atomic mass is 9.84. The van der Waals surface area contributed by atoms with Crippen molar-refractivity contribution >= 4 is 16.9 Å². The van der Waals surface area contributed by atoms with Crippen LogP contribution in [-0.2, 0) is 5.54 Å². The molecular formula is C22H22F2N4O2S. The van der Waals surface area contributed by atoms with Crippen LogP contribution in [0.1, 0.15) is 41.2 Å². The standard InChI is InChI=1S/C22H22F2N4O2S/c1-11-20(12(2)30-28-11)18-9-22(3,27-21(25)31-18)15-7-14(16(23)8-17(15)24)13-5-6-19(29-4)26-10-13/h5-8,10,18H,9H2,1-4H3,(H2,25,27)/t18-,22-/m0/s1. The number of hydrogen-bond donors (Lipinski definition) is 1. The van der Waals surface area contributed by atoms with Crippen LogP contribution in [-0.4, -0.2) is 22.4 Å². The number of ether oxygens (including phenoxy) is 1. The number of methoxy groups -OCH3 is 1. The third-order valence-corrected chi connectivity index (χ3v) is 6.53. The molecule has 31 heavy (non-hydrogen) atoms. The molecule has 0 saturated carbocycles. The van der Waals surface area contributed by atoms with Gasteiger partial charge in [-0.1, -0.05) is 16.9 Å². The van der Waals surface area contributed by atoms with Crippen molar-refractivity contribution in [3.8, 4) is 17.0 Å². The number of amidine groups is 1. The van der Waals surface area contributed by atoms with Gasteiger partial charge in [0.05, 0.1) is 18.3 Å². The zero-order valence-corrected chi connectivity index (χ0v) is 18.4. The molecular weight excluding hydrogens is 422 g/mol. The molecule has 3 heterocycles. The van der Waals surface area contributed by atoms with E-state index in [9.17, 15) is 4.39 Å². The molecule has 4 rings (SSSR count). The fourth-order valence-electron chi connectivity index (χ4n) is 3.99. The molecule has 0 spiro atoms.